The van der Waals surface area contributed by atoms with Gasteiger partial charge in [-0.3, -0.25) is 4.79 Å². The van der Waals surface area contributed by atoms with Crippen LogP contribution in [-0.2, 0) is 16.0 Å². The normalized spacial score (nSPS) is 14.6. The van der Waals surface area contributed by atoms with Gasteiger partial charge in [-0.15, -0.1) is 0 Å². The van der Waals surface area contributed by atoms with E-state index in [4.69, 9.17) is 14.6 Å². The molecule has 0 radical (unpaired) electrons. The van der Waals surface area contributed by atoms with E-state index in [9.17, 15) is 14.7 Å². The summed E-state index contributed by atoms with van der Waals surface area (Å²) in [6, 6.07) is 24.0. The Kier molecular flexibility index (Phi) is 10.0. The average molecular weight is 530 g/mol. The van der Waals surface area contributed by atoms with Crippen LogP contribution >= 0.6 is 0 Å². The van der Waals surface area contributed by atoms with Crippen molar-refractivity contribution in [1.29, 1.82) is 0 Å². The fourth-order valence-electron chi connectivity index (χ4n) is 4.59. The number of rotatable bonds is 14. The molecule has 0 saturated heterocycles. The number of hydrogen-bond donors (Lipinski definition) is 2. The molecule has 1 atom stereocenters. The van der Waals surface area contributed by atoms with E-state index in [0.29, 0.717) is 25.3 Å². The van der Waals surface area contributed by atoms with Gasteiger partial charge in [0, 0.05) is 18.5 Å². The minimum Gasteiger partial charge on any atom is -0.494 e. The number of benzene rings is 3. The molecular formula is C32H35NO6. The summed E-state index contributed by atoms with van der Waals surface area (Å²) in [6.07, 6.45) is 7.66. The van der Waals surface area contributed by atoms with Gasteiger partial charge in [-0.05, 0) is 61.4 Å². The highest BCUT2D eigenvalue weighted by Crippen LogP contribution is 2.38. The van der Waals surface area contributed by atoms with Gasteiger partial charge in [-0.25, -0.2) is 4.79 Å². The van der Waals surface area contributed by atoms with Crippen molar-refractivity contribution in [1.82, 2.24) is 0 Å². The molecule has 1 aliphatic heterocycles. The fourth-order valence-corrected chi connectivity index (χ4v) is 4.59. The lowest BCUT2D eigenvalue weighted by Crippen LogP contribution is -2.45. The number of carboxylic acids is 2. The Morgan fingerprint density at radius 2 is 1.69 bits per heavy atom. The zero-order valence-electron chi connectivity index (χ0n) is 22.0. The molecule has 0 bridgehead atoms. The Labute approximate surface area is 229 Å². The number of aliphatic carboxylic acids is 2. The summed E-state index contributed by atoms with van der Waals surface area (Å²) in [6.45, 7) is 1.29. The van der Waals surface area contributed by atoms with Gasteiger partial charge in [-0.2, -0.15) is 0 Å². The Hall–Kier alpha value is -4.26. The van der Waals surface area contributed by atoms with Crippen molar-refractivity contribution >= 4 is 29.8 Å². The van der Waals surface area contributed by atoms with Crippen molar-refractivity contribution in [2.24, 2.45) is 0 Å². The smallest absolute Gasteiger partial charge is 0.346 e. The second kappa shape index (κ2) is 14.0. The van der Waals surface area contributed by atoms with E-state index in [1.807, 2.05) is 65.6 Å². The molecule has 2 N–H and O–H groups in total. The first kappa shape index (κ1) is 27.8. The molecule has 1 aliphatic rings. The van der Waals surface area contributed by atoms with E-state index in [1.165, 1.54) is 5.56 Å². The number of unbranched alkanes of at least 4 members (excludes halogenated alkanes) is 2. The Morgan fingerprint density at radius 1 is 0.897 bits per heavy atom. The number of aryl methyl sites for hydroxylation is 1. The maximum Gasteiger partial charge on any atom is 0.346 e. The molecule has 0 aliphatic carbocycles. The highest BCUT2D eigenvalue weighted by Gasteiger charge is 2.31. The molecule has 1 heterocycles. The van der Waals surface area contributed by atoms with Crippen molar-refractivity contribution in [3.8, 4) is 11.5 Å². The minimum atomic E-state index is -1.05. The molecule has 7 nitrogen and oxygen atoms in total. The summed E-state index contributed by atoms with van der Waals surface area (Å²) >= 11 is 0. The number of carboxylic acid groups (broad SMARTS) is 2. The first-order valence-electron chi connectivity index (χ1n) is 13.4. The van der Waals surface area contributed by atoms with Crippen LogP contribution < -0.4 is 14.4 Å². The van der Waals surface area contributed by atoms with Crippen molar-refractivity contribution in [2.75, 3.05) is 24.6 Å². The monoisotopic (exact) mass is 529 g/mol. The molecule has 204 valence electrons. The van der Waals surface area contributed by atoms with Crippen molar-refractivity contribution in [2.45, 2.75) is 44.6 Å². The number of hydrogen-bond acceptors (Lipinski definition) is 5. The second-order valence-corrected chi connectivity index (χ2v) is 9.63. The zero-order valence-corrected chi connectivity index (χ0v) is 22.0. The van der Waals surface area contributed by atoms with Crippen LogP contribution in [0.25, 0.3) is 12.2 Å². The quantitative estimate of drug-likeness (QED) is 0.191. The van der Waals surface area contributed by atoms with Gasteiger partial charge in [-0.1, -0.05) is 66.7 Å². The van der Waals surface area contributed by atoms with Gasteiger partial charge in [0.1, 0.15) is 5.75 Å². The molecule has 39 heavy (non-hydrogen) atoms. The Morgan fingerprint density at radius 3 is 2.44 bits per heavy atom. The topological polar surface area (TPSA) is 96.3 Å². The van der Waals surface area contributed by atoms with Gasteiger partial charge >= 0.3 is 11.9 Å². The summed E-state index contributed by atoms with van der Waals surface area (Å²) in [4.78, 5) is 24.6. The summed E-state index contributed by atoms with van der Waals surface area (Å²) in [7, 11) is 0. The first-order valence-corrected chi connectivity index (χ1v) is 13.4. The lowest BCUT2D eigenvalue weighted by molar-refractivity contribution is -0.145. The largest absolute Gasteiger partial charge is 0.494 e. The van der Waals surface area contributed by atoms with Crippen LogP contribution in [0.5, 0.6) is 11.5 Å². The van der Waals surface area contributed by atoms with Crippen LogP contribution in [0.3, 0.4) is 0 Å². The predicted molar refractivity (Wildman–Crippen MR) is 152 cm³/mol. The average Bonchev–Trinajstić information content (AvgIpc) is 2.94. The molecule has 3 aromatic carbocycles. The summed E-state index contributed by atoms with van der Waals surface area (Å²) in [5.41, 5.74) is 3.89. The van der Waals surface area contributed by atoms with Crippen molar-refractivity contribution in [3.63, 3.8) is 0 Å². The van der Waals surface area contributed by atoms with Crippen molar-refractivity contribution < 1.29 is 29.3 Å². The molecule has 3 aromatic rings. The van der Waals surface area contributed by atoms with Crippen LogP contribution in [0.15, 0.2) is 72.8 Å². The molecule has 0 spiro atoms. The molecule has 0 amide bonds. The number of fused-ring (bicyclic) bond motifs is 1. The second-order valence-electron chi connectivity index (χ2n) is 9.63. The van der Waals surface area contributed by atoms with Gasteiger partial charge in [0.2, 0.25) is 6.10 Å². The maximum atomic E-state index is 11.7. The lowest BCUT2D eigenvalue weighted by atomic mass is 10.1. The number of para-hydroxylation sites is 1. The molecule has 7 heteroatoms. The molecule has 1 unspecified atom stereocenters. The van der Waals surface area contributed by atoms with Gasteiger partial charge < -0.3 is 24.6 Å². The number of nitrogens with zero attached hydrogens (tertiary/aromatic N) is 1. The van der Waals surface area contributed by atoms with E-state index in [1.54, 1.807) is 0 Å². The van der Waals surface area contributed by atoms with Crippen LogP contribution in [0, 0.1) is 0 Å². The molecule has 0 aromatic heterocycles. The van der Waals surface area contributed by atoms with Gasteiger partial charge in [0.05, 0.1) is 18.8 Å². The van der Waals surface area contributed by atoms with Crippen molar-refractivity contribution in [3.05, 3.63) is 89.5 Å². The fraction of sp³-hybridized carbons (Fsp3) is 0.312. The van der Waals surface area contributed by atoms with E-state index < -0.39 is 18.0 Å². The number of ether oxygens (including phenoxy) is 2. The highest BCUT2D eigenvalue weighted by atomic mass is 16.5. The standard InChI is InChI=1S/C32H35NO6/c34-30(35)14-8-21-33-23-29(32(36)37)39-31-26(12-7-13-28(31)33)18-15-25-16-19-27(20-17-25)38-22-6-2-5-11-24-9-3-1-4-10-24/h1,3-4,7,9-10,12-13,15-20,29H,2,5-6,8,11,14,21-23H2,(H,34,35)(H,36,37)/b18-15+. The van der Waals surface area contributed by atoms with Crippen LogP contribution in [-0.4, -0.2) is 48.0 Å². The van der Waals surface area contributed by atoms with Crippen LogP contribution in [0.2, 0.25) is 0 Å². The van der Waals surface area contributed by atoms with Gasteiger partial charge in [0.15, 0.2) is 5.75 Å². The zero-order chi connectivity index (χ0) is 27.5. The lowest BCUT2D eigenvalue weighted by Gasteiger charge is -2.35. The molecule has 0 saturated carbocycles. The molecular weight excluding hydrogens is 494 g/mol. The SMILES string of the molecule is O=C(O)CCCN1CC(C(=O)O)Oc2c(/C=C/c3ccc(OCCCCCc4ccccc4)cc3)cccc21. The van der Waals surface area contributed by atoms with Gasteiger partial charge in [0.25, 0.3) is 0 Å². The van der Waals surface area contributed by atoms with E-state index in [2.05, 4.69) is 24.3 Å². The third-order valence-corrected chi connectivity index (χ3v) is 6.66. The minimum absolute atomic E-state index is 0.0258. The van der Waals surface area contributed by atoms with E-state index in [-0.39, 0.29) is 13.0 Å². The number of carbonyl (C=O) groups is 2. The summed E-state index contributed by atoms with van der Waals surface area (Å²) < 4.78 is 11.8. The predicted octanol–water partition coefficient (Wildman–Crippen LogP) is 6.17. The first-order chi connectivity index (χ1) is 19.0. The molecule has 0 fully saturated rings. The highest BCUT2D eigenvalue weighted by molar-refractivity contribution is 5.81. The number of anilines is 1. The van der Waals surface area contributed by atoms with E-state index >= 15 is 0 Å². The van der Waals surface area contributed by atoms with E-state index in [0.717, 1.165) is 48.2 Å². The Balaban J connectivity index is 1.32. The summed E-state index contributed by atoms with van der Waals surface area (Å²) in [5.74, 6) is -0.591. The third-order valence-electron chi connectivity index (χ3n) is 6.66. The molecule has 4 rings (SSSR count). The summed E-state index contributed by atoms with van der Waals surface area (Å²) in [5, 5.41) is 18.6. The third kappa shape index (κ3) is 8.37. The maximum absolute atomic E-state index is 11.7. The van der Waals surface area contributed by atoms with Crippen LogP contribution in [0.1, 0.15) is 48.8 Å². The Bertz CT molecular complexity index is 1260. The van der Waals surface area contributed by atoms with Crippen LogP contribution in [0.4, 0.5) is 5.69 Å².